The molecule has 1 aliphatic rings. The molecule has 3 aromatic rings. The van der Waals surface area contributed by atoms with Crippen molar-refractivity contribution in [3.63, 3.8) is 0 Å². The number of phenolic OH excluding ortho intramolecular Hbond substituents is 1. The predicted octanol–water partition coefficient (Wildman–Crippen LogP) is 5.72. The lowest BCUT2D eigenvalue weighted by Crippen LogP contribution is -2.56. The highest BCUT2D eigenvalue weighted by Crippen LogP contribution is 2.35. The fourth-order valence-electron chi connectivity index (χ4n) is 4.53. The first-order valence-corrected chi connectivity index (χ1v) is 11.5. The van der Waals surface area contributed by atoms with Crippen LogP contribution in [-0.4, -0.2) is 40.1 Å². The summed E-state index contributed by atoms with van der Waals surface area (Å²) >= 11 is 1.67. The van der Waals surface area contributed by atoms with E-state index in [9.17, 15) is 13.9 Å². The van der Waals surface area contributed by atoms with Gasteiger partial charge in [-0.15, -0.1) is 0 Å². The van der Waals surface area contributed by atoms with Gasteiger partial charge in [0.1, 0.15) is 17.4 Å². The van der Waals surface area contributed by atoms with Crippen molar-refractivity contribution in [1.29, 1.82) is 0 Å². The molecule has 31 heavy (non-hydrogen) atoms. The van der Waals surface area contributed by atoms with Crippen molar-refractivity contribution in [3.05, 3.63) is 87.1 Å². The van der Waals surface area contributed by atoms with Crippen molar-refractivity contribution >= 4 is 11.3 Å². The number of thiophene rings is 1. The van der Waals surface area contributed by atoms with Gasteiger partial charge in [0.05, 0.1) is 6.04 Å². The summed E-state index contributed by atoms with van der Waals surface area (Å²) in [6.07, 6.45) is 0. The van der Waals surface area contributed by atoms with E-state index >= 15 is 0 Å². The second-order valence-electron chi connectivity index (χ2n) is 8.56. The molecular formula is C25H28F2N2OS. The Bertz CT molecular complexity index is 1020. The molecule has 1 saturated heterocycles. The van der Waals surface area contributed by atoms with Gasteiger partial charge in [-0.2, -0.15) is 11.3 Å². The molecule has 3 atom stereocenters. The lowest BCUT2D eigenvalue weighted by molar-refractivity contribution is 0.0195. The van der Waals surface area contributed by atoms with Crippen LogP contribution >= 0.6 is 11.3 Å². The Morgan fingerprint density at radius 3 is 2.42 bits per heavy atom. The molecule has 0 aliphatic carbocycles. The molecule has 2 heterocycles. The Hall–Kier alpha value is -2.28. The predicted molar refractivity (Wildman–Crippen MR) is 121 cm³/mol. The number of phenols is 1. The summed E-state index contributed by atoms with van der Waals surface area (Å²) < 4.78 is 28.1. The number of rotatable bonds is 5. The Labute approximate surface area is 186 Å². The monoisotopic (exact) mass is 442 g/mol. The molecule has 0 spiro atoms. The van der Waals surface area contributed by atoms with Crippen molar-refractivity contribution in [3.8, 4) is 5.75 Å². The number of hydrogen-bond donors (Lipinski definition) is 1. The summed E-state index contributed by atoms with van der Waals surface area (Å²) in [5, 5.41) is 14.3. The molecule has 3 nitrogen and oxygen atoms in total. The van der Waals surface area contributed by atoms with Gasteiger partial charge in [-0.3, -0.25) is 9.80 Å². The summed E-state index contributed by atoms with van der Waals surface area (Å²) in [7, 11) is 0. The topological polar surface area (TPSA) is 26.7 Å². The first-order valence-electron chi connectivity index (χ1n) is 10.6. The second kappa shape index (κ2) is 9.07. The average molecular weight is 443 g/mol. The van der Waals surface area contributed by atoms with Crippen LogP contribution in [0.15, 0.2) is 53.2 Å². The minimum atomic E-state index is -0.490. The quantitative estimate of drug-likeness (QED) is 0.547. The van der Waals surface area contributed by atoms with Gasteiger partial charge in [-0.25, -0.2) is 8.78 Å². The van der Waals surface area contributed by atoms with Crippen LogP contribution < -0.4 is 0 Å². The Kier molecular flexibility index (Phi) is 6.42. The maximum atomic E-state index is 14.0. The molecule has 0 radical (unpaired) electrons. The lowest BCUT2D eigenvalue weighted by atomic mass is 9.95. The van der Waals surface area contributed by atoms with Crippen LogP contribution in [0.3, 0.4) is 0 Å². The van der Waals surface area contributed by atoms with Gasteiger partial charge in [0, 0.05) is 37.3 Å². The van der Waals surface area contributed by atoms with Crippen LogP contribution in [0.1, 0.15) is 42.1 Å². The normalized spacial score (nSPS) is 21.3. The third-order valence-electron chi connectivity index (χ3n) is 6.27. The van der Waals surface area contributed by atoms with E-state index in [0.717, 1.165) is 18.7 Å². The van der Waals surface area contributed by atoms with Crippen LogP contribution in [0.5, 0.6) is 5.75 Å². The minimum absolute atomic E-state index is 0.0483. The van der Waals surface area contributed by atoms with Gasteiger partial charge < -0.3 is 5.11 Å². The molecule has 0 saturated carbocycles. The van der Waals surface area contributed by atoms with Gasteiger partial charge in [-0.05, 0) is 78.6 Å². The van der Waals surface area contributed by atoms with E-state index in [-0.39, 0.29) is 29.4 Å². The van der Waals surface area contributed by atoms with E-state index < -0.39 is 11.6 Å². The first-order chi connectivity index (χ1) is 14.8. The van der Waals surface area contributed by atoms with Gasteiger partial charge in [0.25, 0.3) is 0 Å². The van der Waals surface area contributed by atoms with Crippen LogP contribution in [0, 0.1) is 18.6 Å². The van der Waals surface area contributed by atoms with Crippen LogP contribution in [-0.2, 0) is 6.54 Å². The summed E-state index contributed by atoms with van der Waals surface area (Å²) in [4.78, 5) is 4.76. The van der Waals surface area contributed by atoms with Gasteiger partial charge in [0.2, 0.25) is 0 Å². The molecule has 1 aliphatic heterocycles. The number of piperazine rings is 1. The molecule has 0 unspecified atom stereocenters. The van der Waals surface area contributed by atoms with Gasteiger partial charge in [-0.1, -0.05) is 12.1 Å². The first kappa shape index (κ1) is 21.9. The summed E-state index contributed by atoms with van der Waals surface area (Å²) in [6.45, 7) is 7.93. The highest BCUT2D eigenvalue weighted by molar-refractivity contribution is 7.08. The Balaban J connectivity index is 1.57. The zero-order chi connectivity index (χ0) is 22.1. The standard InChI is InChI=1S/C25H28F2N2OS/c1-16-13-29(25(21-7-8-31-15-21)20-5-4-6-22(30)11-20)17(2)12-28(16)14-19-9-23(26)18(3)24(27)10-19/h4-11,15-17,25,30H,12-14H2,1-3H3/t16-,17+,25+/m1/s1. The van der Waals surface area contributed by atoms with Crippen LogP contribution in [0.4, 0.5) is 8.78 Å². The van der Waals surface area contributed by atoms with E-state index in [1.54, 1.807) is 17.4 Å². The second-order valence-corrected chi connectivity index (χ2v) is 9.34. The van der Waals surface area contributed by atoms with Crippen molar-refractivity contribution < 1.29 is 13.9 Å². The van der Waals surface area contributed by atoms with Crippen LogP contribution in [0.2, 0.25) is 0 Å². The molecule has 1 fully saturated rings. The highest BCUT2D eigenvalue weighted by atomic mass is 32.1. The zero-order valence-corrected chi connectivity index (χ0v) is 18.9. The van der Waals surface area contributed by atoms with Crippen molar-refractivity contribution in [2.24, 2.45) is 0 Å². The maximum absolute atomic E-state index is 14.0. The molecule has 6 heteroatoms. The van der Waals surface area contributed by atoms with Crippen LogP contribution in [0.25, 0.3) is 0 Å². The molecule has 1 N–H and O–H groups in total. The van der Waals surface area contributed by atoms with E-state index in [2.05, 4.69) is 46.5 Å². The number of aromatic hydroxyl groups is 1. The summed E-state index contributed by atoms with van der Waals surface area (Å²) in [5.74, 6) is -0.716. The number of hydrogen-bond acceptors (Lipinski definition) is 4. The van der Waals surface area contributed by atoms with E-state index in [4.69, 9.17) is 0 Å². The lowest BCUT2D eigenvalue weighted by Gasteiger charge is -2.47. The largest absolute Gasteiger partial charge is 0.508 e. The smallest absolute Gasteiger partial charge is 0.129 e. The van der Waals surface area contributed by atoms with Crippen molar-refractivity contribution in [1.82, 2.24) is 9.80 Å². The number of halogens is 2. The van der Waals surface area contributed by atoms with E-state index in [0.29, 0.717) is 12.1 Å². The molecule has 2 aromatic carbocycles. The van der Waals surface area contributed by atoms with Gasteiger partial charge >= 0.3 is 0 Å². The molecule has 0 amide bonds. The van der Waals surface area contributed by atoms with Crippen molar-refractivity contribution in [2.45, 2.75) is 45.4 Å². The van der Waals surface area contributed by atoms with E-state index in [1.807, 2.05) is 12.1 Å². The minimum Gasteiger partial charge on any atom is -0.508 e. The summed E-state index contributed by atoms with van der Waals surface area (Å²) in [6, 6.07) is 13.0. The number of nitrogens with zero attached hydrogens (tertiary/aromatic N) is 2. The zero-order valence-electron chi connectivity index (χ0n) is 18.1. The third kappa shape index (κ3) is 4.66. The third-order valence-corrected chi connectivity index (χ3v) is 6.97. The molecule has 1 aromatic heterocycles. The fourth-order valence-corrected chi connectivity index (χ4v) is 5.21. The van der Waals surface area contributed by atoms with Gasteiger partial charge in [0.15, 0.2) is 0 Å². The van der Waals surface area contributed by atoms with Crippen molar-refractivity contribution in [2.75, 3.05) is 13.1 Å². The fraction of sp³-hybridized carbons (Fsp3) is 0.360. The highest BCUT2D eigenvalue weighted by Gasteiger charge is 2.35. The molecule has 4 rings (SSSR count). The molecular weight excluding hydrogens is 414 g/mol. The Morgan fingerprint density at radius 1 is 1.03 bits per heavy atom. The Morgan fingerprint density at radius 2 is 1.77 bits per heavy atom. The van der Waals surface area contributed by atoms with E-state index in [1.165, 1.54) is 24.6 Å². The SMILES string of the molecule is Cc1c(F)cc(CN2C[C@H](C)N([C@H](c3ccsc3)c3cccc(O)c3)C[C@H]2C)cc1F. The average Bonchev–Trinajstić information content (AvgIpc) is 3.24. The number of benzene rings is 2. The maximum Gasteiger partial charge on any atom is 0.129 e. The molecule has 164 valence electrons. The summed E-state index contributed by atoms with van der Waals surface area (Å²) in [5.41, 5.74) is 3.01. The molecule has 0 bridgehead atoms.